The zero-order valence-electron chi connectivity index (χ0n) is 30.5. The number of nitrogens with zero attached hydrogens (tertiary/aromatic N) is 4. The maximum absolute atomic E-state index is 16.6. The van der Waals surface area contributed by atoms with Crippen LogP contribution >= 0.6 is 0 Å². The van der Waals surface area contributed by atoms with Crippen molar-refractivity contribution in [2.45, 2.75) is 101 Å². The first-order chi connectivity index (χ1) is 25.3. The number of carbonyl (C=O) groups excluding carboxylic acids is 3. The van der Waals surface area contributed by atoms with Gasteiger partial charge in [-0.15, -0.1) is 0 Å². The highest BCUT2D eigenvalue weighted by molar-refractivity contribution is 6.72. The van der Waals surface area contributed by atoms with Gasteiger partial charge in [-0.2, -0.15) is 0 Å². The Morgan fingerprint density at radius 1 is 1.04 bits per heavy atom. The summed E-state index contributed by atoms with van der Waals surface area (Å²) < 4.78 is 23.3. The summed E-state index contributed by atoms with van der Waals surface area (Å²) in [5, 5.41) is 22.3. The number of aliphatic hydroxyl groups is 1. The molecule has 3 aromatic carbocycles. The second-order valence-corrected chi connectivity index (χ2v) is 19.3. The Bertz CT molecular complexity index is 1940. The monoisotopic (exact) mass is 742 g/mol. The van der Waals surface area contributed by atoms with Crippen LogP contribution in [0.15, 0.2) is 66.7 Å². The topological polar surface area (TPSA) is 134 Å². The number of hydrogen-bond donors (Lipinski definition) is 1. The zero-order chi connectivity index (χ0) is 37.7. The van der Waals surface area contributed by atoms with Gasteiger partial charge >= 0.3 is 0 Å². The summed E-state index contributed by atoms with van der Waals surface area (Å²) >= 11 is 0. The molecule has 5 atom stereocenters. The number of benzene rings is 3. The van der Waals surface area contributed by atoms with Crippen LogP contribution in [0.5, 0.6) is 0 Å². The van der Waals surface area contributed by atoms with Crippen LogP contribution in [0.25, 0.3) is 0 Å². The number of nitro groups is 1. The molecule has 13 heteroatoms. The third kappa shape index (κ3) is 6.67. The maximum Gasteiger partial charge on any atom is 0.269 e. The molecule has 0 aliphatic carbocycles. The number of aliphatic hydroxyl groups excluding tert-OH is 1. The summed E-state index contributed by atoms with van der Waals surface area (Å²) in [7, 11) is -3.65. The summed E-state index contributed by atoms with van der Waals surface area (Å²) in [6.45, 7) is 5.60. The smallest absolute Gasteiger partial charge is 0.269 e. The van der Waals surface area contributed by atoms with Gasteiger partial charge in [0, 0.05) is 54.4 Å². The fourth-order valence-electron chi connectivity index (χ4n) is 9.28. The van der Waals surface area contributed by atoms with E-state index in [2.05, 4.69) is 0 Å². The minimum Gasteiger partial charge on any atom is -0.394 e. The number of nitro benzene ring substituents is 1. The van der Waals surface area contributed by atoms with Gasteiger partial charge in [0.25, 0.3) is 11.6 Å². The van der Waals surface area contributed by atoms with E-state index in [1.54, 1.807) is 40.8 Å². The van der Waals surface area contributed by atoms with Crippen molar-refractivity contribution in [1.29, 1.82) is 0 Å². The summed E-state index contributed by atoms with van der Waals surface area (Å²) in [6.07, 6.45) is 3.59. The summed E-state index contributed by atoms with van der Waals surface area (Å²) in [5.74, 6) is -1.47. The van der Waals surface area contributed by atoms with E-state index in [0.717, 1.165) is 48.1 Å². The van der Waals surface area contributed by atoms with Gasteiger partial charge < -0.3 is 28.7 Å². The number of carbonyl (C=O) groups is 3. The van der Waals surface area contributed by atoms with Gasteiger partial charge in [0.1, 0.15) is 0 Å². The van der Waals surface area contributed by atoms with E-state index < -0.39 is 48.4 Å². The number of halogens is 1. The molecule has 0 radical (unpaired) electrons. The number of hydrogen-bond acceptors (Lipinski definition) is 7. The Kier molecular flexibility index (Phi) is 10.0. The molecule has 0 aromatic heterocycles. The van der Waals surface area contributed by atoms with E-state index in [-0.39, 0.29) is 42.6 Å². The molecule has 1 spiro atoms. The zero-order valence-corrected chi connectivity index (χ0v) is 31.5. The molecule has 4 aliphatic heterocycles. The van der Waals surface area contributed by atoms with E-state index in [0.29, 0.717) is 31.6 Å². The lowest BCUT2D eigenvalue weighted by Crippen LogP contribution is -2.48. The number of fused-ring (bicyclic) bond motifs is 3. The minimum atomic E-state index is -3.65. The second-order valence-electron chi connectivity index (χ2n) is 15.5. The Morgan fingerprint density at radius 3 is 2.53 bits per heavy atom. The lowest BCUT2D eigenvalue weighted by molar-refractivity contribution is -0.385. The lowest BCUT2D eigenvalue weighted by Gasteiger charge is -2.37. The molecule has 2 fully saturated rings. The van der Waals surface area contributed by atoms with Crippen molar-refractivity contribution >= 4 is 43.2 Å². The highest BCUT2D eigenvalue weighted by Gasteiger charge is 2.67. The van der Waals surface area contributed by atoms with Crippen LogP contribution in [0.2, 0.25) is 18.6 Å². The number of non-ortho nitro benzene ring substituents is 1. The van der Waals surface area contributed by atoms with Crippen LogP contribution < -0.4 is 9.80 Å². The van der Waals surface area contributed by atoms with Crippen LogP contribution in [0.4, 0.5) is 21.2 Å². The third-order valence-corrected chi connectivity index (χ3v) is 14.3. The van der Waals surface area contributed by atoms with E-state index in [1.165, 1.54) is 12.1 Å². The molecular formula is C40H47FN4O7Si. The fourth-order valence-corrected chi connectivity index (χ4v) is 11.8. The van der Waals surface area contributed by atoms with Crippen molar-refractivity contribution < 1.29 is 33.3 Å². The Hall–Kier alpha value is -4.46. The molecule has 2 saturated heterocycles. The van der Waals surface area contributed by atoms with Gasteiger partial charge in [-0.1, -0.05) is 56.2 Å². The second kappa shape index (κ2) is 14.4. The Balaban J connectivity index is 1.23. The van der Waals surface area contributed by atoms with Crippen LogP contribution in [-0.2, 0) is 44.2 Å². The Morgan fingerprint density at radius 2 is 1.79 bits per heavy atom. The SMILES string of the molecule is C[C@@H]1[C@@H]([Si](C)(C)F)[C@H](CC(=O)N2Cc3ccccc3C[C@H]2CO)O[C@@]12C(=O)N(Cc1cccc(N3CCCCCCC3=O)c1)c1ccc([N+](=O)[O-])cc12. The van der Waals surface area contributed by atoms with Crippen LogP contribution in [-0.4, -0.2) is 66.4 Å². The third-order valence-electron chi connectivity index (χ3n) is 11.8. The number of rotatable bonds is 8. The molecule has 280 valence electrons. The van der Waals surface area contributed by atoms with E-state index in [1.807, 2.05) is 48.5 Å². The predicted octanol–water partition coefficient (Wildman–Crippen LogP) is 6.55. The summed E-state index contributed by atoms with van der Waals surface area (Å²) in [6, 6.07) is 19.1. The predicted molar refractivity (Wildman–Crippen MR) is 200 cm³/mol. The molecule has 4 heterocycles. The van der Waals surface area contributed by atoms with E-state index in [9.17, 15) is 29.6 Å². The largest absolute Gasteiger partial charge is 0.394 e. The standard InChI is InChI=1S/C40H47FN4O7Si/c1-26-38(53(2,3)41)35(22-37(48)43-24-29-13-8-7-12-28(29)20-32(43)25-46)52-40(26)33-21-31(45(50)51)16-17-34(33)44(39(40)49)23-27-11-10-14-30(19-27)42-18-9-5-4-6-15-36(42)47/h7-8,10-14,16-17,19,21,26,32,35,38,46H,4-6,9,15,18,20,22-25H2,1-3H3/t26-,32+,35+,38-,40+/m1/s1. The van der Waals surface area contributed by atoms with Gasteiger partial charge in [-0.3, -0.25) is 24.5 Å². The highest BCUT2D eigenvalue weighted by Crippen LogP contribution is 2.61. The molecule has 0 bridgehead atoms. The van der Waals surface area contributed by atoms with Crippen LogP contribution in [0.3, 0.4) is 0 Å². The van der Waals surface area contributed by atoms with Crippen LogP contribution in [0, 0.1) is 16.0 Å². The first-order valence-corrected chi connectivity index (χ1v) is 21.6. The van der Waals surface area contributed by atoms with Crippen molar-refractivity contribution in [2.75, 3.05) is 23.0 Å². The maximum atomic E-state index is 16.6. The molecule has 0 unspecified atom stereocenters. The first-order valence-electron chi connectivity index (χ1n) is 18.7. The van der Waals surface area contributed by atoms with Gasteiger partial charge in [0.05, 0.1) is 42.3 Å². The van der Waals surface area contributed by atoms with Crippen molar-refractivity contribution in [3.63, 3.8) is 0 Å². The molecule has 7 rings (SSSR count). The van der Waals surface area contributed by atoms with Crippen molar-refractivity contribution in [3.8, 4) is 0 Å². The average Bonchev–Trinajstić information content (AvgIpc) is 3.55. The molecule has 1 N–H and O–H groups in total. The van der Waals surface area contributed by atoms with Gasteiger partial charge in [0.2, 0.25) is 20.2 Å². The first kappa shape index (κ1) is 36.9. The molecule has 3 amide bonds. The van der Waals surface area contributed by atoms with Crippen molar-refractivity contribution in [2.24, 2.45) is 5.92 Å². The molecule has 3 aromatic rings. The highest BCUT2D eigenvalue weighted by atomic mass is 28.4. The fraction of sp³-hybridized carbons (Fsp3) is 0.475. The molecular weight excluding hydrogens is 696 g/mol. The van der Waals surface area contributed by atoms with E-state index >= 15 is 4.11 Å². The quantitative estimate of drug-likeness (QED) is 0.120. The van der Waals surface area contributed by atoms with Crippen molar-refractivity contribution in [1.82, 2.24) is 4.90 Å². The Labute approximate surface area is 310 Å². The van der Waals surface area contributed by atoms with Crippen molar-refractivity contribution in [3.05, 3.63) is 99.1 Å². The van der Waals surface area contributed by atoms with Gasteiger partial charge in [-0.25, -0.2) is 0 Å². The number of amides is 3. The van der Waals surface area contributed by atoms with Gasteiger partial charge in [0.15, 0.2) is 5.60 Å². The lowest BCUT2D eigenvalue weighted by atomic mass is 9.82. The summed E-state index contributed by atoms with van der Waals surface area (Å²) in [4.78, 5) is 58.7. The average molecular weight is 743 g/mol. The molecule has 0 saturated carbocycles. The minimum absolute atomic E-state index is 0.0626. The van der Waals surface area contributed by atoms with Crippen LogP contribution in [0.1, 0.15) is 67.7 Å². The van der Waals surface area contributed by atoms with E-state index in [4.69, 9.17) is 4.74 Å². The molecule has 11 nitrogen and oxygen atoms in total. The number of ether oxygens (including phenoxy) is 1. The normalized spacial score (nSPS) is 26.0. The number of anilines is 2. The summed E-state index contributed by atoms with van der Waals surface area (Å²) in [5.41, 5.74) is 1.46. The van der Waals surface area contributed by atoms with Gasteiger partial charge in [-0.05, 0) is 67.2 Å². The molecule has 4 aliphatic rings. The molecule has 53 heavy (non-hydrogen) atoms.